The maximum atomic E-state index is 12.1. The number of hydrogen-bond acceptors (Lipinski definition) is 4. The van der Waals surface area contributed by atoms with Crippen LogP contribution in [-0.2, 0) is 9.53 Å². The van der Waals surface area contributed by atoms with E-state index in [1.807, 2.05) is 4.90 Å². The lowest BCUT2D eigenvalue weighted by molar-refractivity contribution is -0.131. The number of rotatable bonds is 4. The molecule has 0 aromatic carbocycles. The molecule has 0 bridgehead atoms. The number of thioether (sulfide) groups is 1. The lowest BCUT2D eigenvalue weighted by Crippen LogP contribution is -2.52. The largest absolute Gasteiger partial charge is 0.377 e. The molecule has 0 aromatic rings. The highest BCUT2D eigenvalue weighted by Gasteiger charge is 2.23. The Bertz CT molecular complexity index is 270. The fourth-order valence-electron chi connectivity index (χ4n) is 2.51. The third-order valence-electron chi connectivity index (χ3n) is 3.62. The SMILES string of the molecule is C[C@@H]1CNCCN1C(=O)CSCC1CCCCO1. The van der Waals surface area contributed by atoms with Crippen LogP contribution in [0.25, 0.3) is 0 Å². The first kappa shape index (κ1) is 14.2. The van der Waals surface area contributed by atoms with E-state index in [4.69, 9.17) is 4.74 Å². The van der Waals surface area contributed by atoms with Crippen molar-refractivity contribution < 1.29 is 9.53 Å². The molecule has 4 nitrogen and oxygen atoms in total. The van der Waals surface area contributed by atoms with Gasteiger partial charge in [-0.1, -0.05) is 0 Å². The molecular formula is C13H24N2O2S. The van der Waals surface area contributed by atoms with Crippen molar-refractivity contribution in [2.45, 2.75) is 38.3 Å². The maximum Gasteiger partial charge on any atom is 0.232 e. The lowest BCUT2D eigenvalue weighted by atomic mass is 10.1. The zero-order valence-electron chi connectivity index (χ0n) is 11.2. The molecule has 0 radical (unpaired) electrons. The molecule has 0 aliphatic carbocycles. The van der Waals surface area contributed by atoms with Crippen LogP contribution in [0.2, 0.25) is 0 Å². The van der Waals surface area contributed by atoms with Gasteiger partial charge in [-0.15, -0.1) is 11.8 Å². The monoisotopic (exact) mass is 272 g/mol. The summed E-state index contributed by atoms with van der Waals surface area (Å²) < 4.78 is 5.67. The van der Waals surface area contributed by atoms with E-state index in [2.05, 4.69) is 12.2 Å². The first-order valence-corrected chi connectivity index (χ1v) is 8.12. The molecule has 0 saturated carbocycles. The van der Waals surface area contributed by atoms with Crippen LogP contribution in [0.3, 0.4) is 0 Å². The minimum atomic E-state index is 0.282. The first-order valence-electron chi connectivity index (χ1n) is 6.97. The average molecular weight is 272 g/mol. The number of nitrogens with zero attached hydrogens (tertiary/aromatic N) is 1. The fourth-order valence-corrected chi connectivity index (χ4v) is 3.50. The molecule has 2 saturated heterocycles. The van der Waals surface area contributed by atoms with Crippen molar-refractivity contribution in [2.24, 2.45) is 0 Å². The van der Waals surface area contributed by atoms with Crippen LogP contribution in [0.1, 0.15) is 26.2 Å². The summed E-state index contributed by atoms with van der Waals surface area (Å²) in [4.78, 5) is 14.1. The van der Waals surface area contributed by atoms with Gasteiger partial charge in [0.25, 0.3) is 0 Å². The minimum absolute atomic E-state index is 0.282. The second-order valence-corrected chi connectivity index (χ2v) is 6.17. The second kappa shape index (κ2) is 7.36. The van der Waals surface area contributed by atoms with Crippen molar-refractivity contribution in [3.05, 3.63) is 0 Å². The first-order chi connectivity index (χ1) is 8.77. The summed E-state index contributed by atoms with van der Waals surface area (Å²) in [5.74, 6) is 1.85. The van der Waals surface area contributed by atoms with E-state index in [0.29, 0.717) is 17.9 Å². The maximum absolute atomic E-state index is 12.1. The summed E-state index contributed by atoms with van der Waals surface area (Å²) in [5.41, 5.74) is 0. The quantitative estimate of drug-likeness (QED) is 0.832. The second-order valence-electron chi connectivity index (χ2n) is 5.14. The Morgan fingerprint density at radius 2 is 2.39 bits per heavy atom. The van der Waals surface area contributed by atoms with Crippen molar-refractivity contribution >= 4 is 17.7 Å². The molecule has 5 heteroatoms. The van der Waals surface area contributed by atoms with Crippen LogP contribution in [-0.4, -0.2) is 60.7 Å². The highest BCUT2D eigenvalue weighted by molar-refractivity contribution is 7.99. The smallest absolute Gasteiger partial charge is 0.232 e. The molecule has 18 heavy (non-hydrogen) atoms. The minimum Gasteiger partial charge on any atom is -0.377 e. The summed E-state index contributed by atoms with van der Waals surface area (Å²) in [6, 6.07) is 0.331. The topological polar surface area (TPSA) is 41.6 Å². The zero-order chi connectivity index (χ0) is 12.8. The lowest BCUT2D eigenvalue weighted by Gasteiger charge is -2.34. The van der Waals surface area contributed by atoms with E-state index in [-0.39, 0.29) is 5.91 Å². The van der Waals surface area contributed by atoms with Gasteiger partial charge in [0.15, 0.2) is 0 Å². The highest BCUT2D eigenvalue weighted by Crippen LogP contribution is 2.17. The number of hydrogen-bond donors (Lipinski definition) is 1. The Kier molecular flexibility index (Phi) is 5.79. The van der Waals surface area contributed by atoms with Crippen molar-refractivity contribution in [2.75, 3.05) is 37.7 Å². The van der Waals surface area contributed by atoms with Crippen molar-refractivity contribution in [1.29, 1.82) is 0 Å². The highest BCUT2D eigenvalue weighted by atomic mass is 32.2. The van der Waals surface area contributed by atoms with Gasteiger partial charge in [-0.3, -0.25) is 4.79 Å². The molecule has 1 unspecified atom stereocenters. The van der Waals surface area contributed by atoms with Crippen molar-refractivity contribution in [3.63, 3.8) is 0 Å². The molecular weight excluding hydrogens is 248 g/mol. The summed E-state index contributed by atoms with van der Waals surface area (Å²) >= 11 is 1.73. The van der Waals surface area contributed by atoms with E-state index in [1.54, 1.807) is 11.8 Å². The number of carbonyl (C=O) groups excluding carboxylic acids is 1. The number of amides is 1. The zero-order valence-corrected chi connectivity index (χ0v) is 12.0. The van der Waals surface area contributed by atoms with E-state index in [1.165, 1.54) is 12.8 Å². The number of piperazine rings is 1. The molecule has 2 heterocycles. The number of carbonyl (C=O) groups is 1. The van der Waals surface area contributed by atoms with E-state index >= 15 is 0 Å². The Morgan fingerprint density at radius 1 is 1.50 bits per heavy atom. The van der Waals surface area contributed by atoms with Gasteiger partial charge in [0.05, 0.1) is 11.9 Å². The van der Waals surface area contributed by atoms with Gasteiger partial charge in [-0.2, -0.15) is 0 Å². The molecule has 1 N–H and O–H groups in total. The van der Waals surface area contributed by atoms with Gasteiger partial charge in [-0.05, 0) is 26.2 Å². The van der Waals surface area contributed by atoms with Crippen molar-refractivity contribution in [1.82, 2.24) is 10.2 Å². The van der Waals surface area contributed by atoms with Crippen LogP contribution in [0, 0.1) is 0 Å². The van der Waals surface area contributed by atoms with Crippen LogP contribution in [0.5, 0.6) is 0 Å². The third kappa shape index (κ3) is 4.14. The van der Waals surface area contributed by atoms with E-state index in [9.17, 15) is 4.79 Å². The van der Waals surface area contributed by atoms with Gasteiger partial charge in [0.2, 0.25) is 5.91 Å². The van der Waals surface area contributed by atoms with Crippen molar-refractivity contribution in [3.8, 4) is 0 Å². The van der Waals surface area contributed by atoms with E-state index < -0.39 is 0 Å². The van der Waals surface area contributed by atoms with Crippen LogP contribution in [0.4, 0.5) is 0 Å². The summed E-state index contributed by atoms with van der Waals surface area (Å²) in [6.07, 6.45) is 3.99. The summed E-state index contributed by atoms with van der Waals surface area (Å²) in [7, 11) is 0. The van der Waals surface area contributed by atoms with E-state index in [0.717, 1.165) is 38.4 Å². The molecule has 0 spiro atoms. The molecule has 2 fully saturated rings. The normalized spacial score (nSPS) is 29.3. The standard InChI is InChI=1S/C13H24N2O2S/c1-11-8-14-5-6-15(11)13(16)10-18-9-12-4-2-3-7-17-12/h11-12,14H,2-10H2,1H3/t11-,12?/m1/s1. The van der Waals surface area contributed by atoms with Crippen LogP contribution < -0.4 is 5.32 Å². The number of nitrogens with one attached hydrogen (secondary N) is 1. The Hall–Kier alpha value is -0.260. The predicted molar refractivity (Wildman–Crippen MR) is 75.0 cm³/mol. The van der Waals surface area contributed by atoms with Gasteiger partial charge in [0.1, 0.15) is 0 Å². The van der Waals surface area contributed by atoms with Gasteiger partial charge in [-0.25, -0.2) is 0 Å². The molecule has 104 valence electrons. The molecule has 2 atom stereocenters. The van der Waals surface area contributed by atoms with Crippen LogP contribution >= 0.6 is 11.8 Å². The molecule has 1 amide bonds. The molecule has 2 aliphatic rings. The summed E-state index contributed by atoms with van der Waals surface area (Å²) in [6.45, 7) is 5.70. The van der Waals surface area contributed by atoms with Gasteiger partial charge < -0.3 is 15.0 Å². The Labute approximate surface area is 114 Å². The van der Waals surface area contributed by atoms with Crippen LogP contribution in [0.15, 0.2) is 0 Å². The Morgan fingerprint density at radius 3 is 3.11 bits per heavy atom. The number of ether oxygens (including phenoxy) is 1. The summed E-state index contributed by atoms with van der Waals surface area (Å²) in [5, 5.41) is 3.31. The molecule has 0 aromatic heterocycles. The third-order valence-corrected chi connectivity index (χ3v) is 4.68. The van der Waals surface area contributed by atoms with Gasteiger partial charge >= 0.3 is 0 Å². The predicted octanol–water partition coefficient (Wildman–Crippen LogP) is 1.11. The fraction of sp³-hybridized carbons (Fsp3) is 0.923. The average Bonchev–Trinajstić information content (AvgIpc) is 2.40. The van der Waals surface area contributed by atoms with Gasteiger partial charge in [0, 0.05) is 38.0 Å². The molecule has 2 aliphatic heterocycles. The Balaban J connectivity index is 1.64. The molecule has 2 rings (SSSR count).